The van der Waals surface area contributed by atoms with Gasteiger partial charge in [-0.3, -0.25) is 4.79 Å². The Hall–Kier alpha value is -3.71. The van der Waals surface area contributed by atoms with E-state index in [1.165, 1.54) is 5.56 Å². The number of nitrogens with one attached hydrogen (secondary N) is 2. The Kier molecular flexibility index (Phi) is 4.88. The first kappa shape index (κ1) is 19.3. The Balaban J connectivity index is 1.62. The highest BCUT2D eigenvalue weighted by atomic mass is 16.3. The van der Waals surface area contributed by atoms with E-state index in [-0.39, 0.29) is 0 Å². The van der Waals surface area contributed by atoms with E-state index in [1.807, 2.05) is 31.2 Å². The normalized spacial score (nSPS) is 13.2. The topological polar surface area (TPSA) is 106 Å². The van der Waals surface area contributed by atoms with Gasteiger partial charge in [0.15, 0.2) is 5.82 Å². The first-order chi connectivity index (χ1) is 15.1. The van der Waals surface area contributed by atoms with E-state index >= 15 is 0 Å². The van der Waals surface area contributed by atoms with E-state index in [0.717, 1.165) is 41.0 Å². The standard InChI is InChI=1S/C24H23N5O2/c1-14-20(17-8-5-9-18(22(25)30)21(17)31-14)24-28-19-13-26-11-10-16(19)23(29-24)27-12-15-6-3-2-4-7-15/h2-9,26H,10-13H2,1H3,(H2,25,30)(H,27,28,29). The molecule has 0 spiro atoms. The van der Waals surface area contributed by atoms with Crippen molar-refractivity contribution in [2.45, 2.75) is 26.4 Å². The Labute approximate surface area is 179 Å². The summed E-state index contributed by atoms with van der Waals surface area (Å²) in [5.41, 5.74) is 10.5. The van der Waals surface area contributed by atoms with Gasteiger partial charge in [-0.2, -0.15) is 0 Å². The van der Waals surface area contributed by atoms with Gasteiger partial charge in [-0.1, -0.05) is 42.5 Å². The first-order valence-corrected chi connectivity index (χ1v) is 10.3. The molecule has 0 saturated heterocycles. The first-order valence-electron chi connectivity index (χ1n) is 10.3. The van der Waals surface area contributed by atoms with Gasteiger partial charge < -0.3 is 20.8 Å². The minimum absolute atomic E-state index is 0.355. The van der Waals surface area contributed by atoms with Gasteiger partial charge in [-0.05, 0) is 31.5 Å². The molecule has 0 saturated carbocycles. The summed E-state index contributed by atoms with van der Waals surface area (Å²) in [4.78, 5) is 21.6. The Morgan fingerprint density at radius 3 is 2.81 bits per heavy atom. The van der Waals surface area contributed by atoms with Crippen LogP contribution in [-0.4, -0.2) is 22.4 Å². The molecule has 5 rings (SSSR count). The second-order valence-electron chi connectivity index (χ2n) is 7.67. The van der Waals surface area contributed by atoms with Crippen LogP contribution < -0.4 is 16.4 Å². The second kappa shape index (κ2) is 7.85. The summed E-state index contributed by atoms with van der Waals surface area (Å²) in [5.74, 6) is 1.55. The molecule has 1 aliphatic heterocycles. The van der Waals surface area contributed by atoms with Crippen LogP contribution in [0.5, 0.6) is 0 Å². The number of para-hydroxylation sites is 1. The third-order valence-corrected chi connectivity index (χ3v) is 5.62. The van der Waals surface area contributed by atoms with E-state index in [0.29, 0.717) is 35.8 Å². The number of benzene rings is 2. The van der Waals surface area contributed by atoms with Crippen LogP contribution in [0.25, 0.3) is 22.4 Å². The van der Waals surface area contributed by atoms with Gasteiger partial charge in [0.2, 0.25) is 0 Å². The highest BCUT2D eigenvalue weighted by Crippen LogP contribution is 2.36. The second-order valence-corrected chi connectivity index (χ2v) is 7.67. The Morgan fingerprint density at radius 1 is 1.16 bits per heavy atom. The fourth-order valence-electron chi connectivity index (χ4n) is 4.11. The molecule has 156 valence electrons. The van der Waals surface area contributed by atoms with Gasteiger partial charge in [0.1, 0.15) is 17.2 Å². The third kappa shape index (κ3) is 3.53. The van der Waals surface area contributed by atoms with E-state index < -0.39 is 5.91 Å². The number of fused-ring (bicyclic) bond motifs is 2. The van der Waals surface area contributed by atoms with Crippen molar-refractivity contribution in [1.29, 1.82) is 0 Å². The average molecular weight is 413 g/mol. The van der Waals surface area contributed by atoms with E-state index in [4.69, 9.17) is 20.1 Å². The molecule has 3 heterocycles. The van der Waals surface area contributed by atoms with Gasteiger partial charge >= 0.3 is 0 Å². The molecule has 7 nitrogen and oxygen atoms in total. The van der Waals surface area contributed by atoms with Crippen LogP contribution >= 0.6 is 0 Å². The van der Waals surface area contributed by atoms with Crippen LogP contribution in [0.4, 0.5) is 5.82 Å². The zero-order valence-corrected chi connectivity index (χ0v) is 17.2. The zero-order valence-electron chi connectivity index (χ0n) is 17.2. The summed E-state index contributed by atoms with van der Waals surface area (Å²) in [7, 11) is 0. The molecule has 31 heavy (non-hydrogen) atoms. The number of nitrogens with zero attached hydrogens (tertiary/aromatic N) is 2. The Morgan fingerprint density at radius 2 is 2.00 bits per heavy atom. The van der Waals surface area contributed by atoms with Crippen molar-refractivity contribution in [2.24, 2.45) is 5.73 Å². The van der Waals surface area contributed by atoms with Crippen LogP contribution in [0, 0.1) is 6.92 Å². The molecule has 4 aromatic rings. The lowest BCUT2D eigenvalue weighted by Crippen LogP contribution is -2.26. The average Bonchev–Trinajstić information content (AvgIpc) is 3.13. The zero-order chi connectivity index (χ0) is 21.4. The number of hydrogen-bond acceptors (Lipinski definition) is 6. The van der Waals surface area contributed by atoms with Gasteiger partial charge in [0.05, 0.1) is 16.8 Å². The number of anilines is 1. The summed E-state index contributed by atoms with van der Waals surface area (Å²) >= 11 is 0. The van der Waals surface area contributed by atoms with Crippen LogP contribution in [0.3, 0.4) is 0 Å². The molecule has 0 bridgehead atoms. The summed E-state index contributed by atoms with van der Waals surface area (Å²) in [6, 6.07) is 15.6. The number of nitrogens with two attached hydrogens (primary N) is 1. The molecule has 0 atom stereocenters. The van der Waals surface area contributed by atoms with Crippen LogP contribution in [0.1, 0.15) is 32.9 Å². The maximum Gasteiger partial charge on any atom is 0.252 e. The molecule has 1 amide bonds. The van der Waals surface area contributed by atoms with Crippen molar-refractivity contribution in [2.75, 3.05) is 11.9 Å². The molecule has 0 unspecified atom stereocenters. The molecule has 0 radical (unpaired) electrons. The molecule has 1 aliphatic rings. The maximum atomic E-state index is 11.9. The van der Waals surface area contributed by atoms with E-state index in [1.54, 1.807) is 12.1 Å². The minimum atomic E-state index is -0.522. The largest absolute Gasteiger partial charge is 0.460 e. The van der Waals surface area contributed by atoms with Crippen LogP contribution in [0.2, 0.25) is 0 Å². The Bertz CT molecular complexity index is 1280. The number of carbonyl (C=O) groups excluding carboxylic acids is 1. The molecular weight excluding hydrogens is 390 g/mol. The van der Waals surface area contributed by atoms with Crippen molar-refractivity contribution in [3.05, 3.63) is 76.7 Å². The molecular formula is C24H23N5O2. The number of primary amides is 1. The van der Waals surface area contributed by atoms with Gasteiger partial charge in [-0.15, -0.1) is 0 Å². The predicted octanol–water partition coefficient (Wildman–Crippen LogP) is 3.55. The van der Waals surface area contributed by atoms with Crippen molar-refractivity contribution in [3.63, 3.8) is 0 Å². The summed E-state index contributed by atoms with van der Waals surface area (Å²) in [5, 5.41) is 7.68. The number of hydrogen-bond donors (Lipinski definition) is 3. The molecule has 7 heteroatoms. The number of rotatable bonds is 5. The molecule has 2 aromatic heterocycles. The smallest absolute Gasteiger partial charge is 0.252 e. The van der Waals surface area contributed by atoms with Crippen molar-refractivity contribution < 1.29 is 9.21 Å². The third-order valence-electron chi connectivity index (χ3n) is 5.62. The van der Waals surface area contributed by atoms with E-state index in [2.05, 4.69) is 22.8 Å². The monoisotopic (exact) mass is 413 g/mol. The highest BCUT2D eigenvalue weighted by Gasteiger charge is 2.23. The van der Waals surface area contributed by atoms with Gasteiger partial charge in [-0.25, -0.2) is 9.97 Å². The SMILES string of the molecule is Cc1oc2c(C(N)=O)cccc2c1-c1nc2c(c(NCc3ccccc3)n1)CCNC2. The lowest BCUT2D eigenvalue weighted by atomic mass is 10.0. The number of aryl methyl sites for hydroxylation is 1. The fourth-order valence-corrected chi connectivity index (χ4v) is 4.11. The maximum absolute atomic E-state index is 11.9. The van der Waals surface area contributed by atoms with Crippen LogP contribution in [-0.2, 0) is 19.5 Å². The lowest BCUT2D eigenvalue weighted by Gasteiger charge is -2.21. The number of aromatic nitrogens is 2. The van der Waals surface area contributed by atoms with Crippen molar-refractivity contribution in [1.82, 2.24) is 15.3 Å². The van der Waals surface area contributed by atoms with E-state index in [9.17, 15) is 4.79 Å². The molecule has 2 aromatic carbocycles. The minimum Gasteiger partial charge on any atom is -0.460 e. The highest BCUT2D eigenvalue weighted by molar-refractivity contribution is 6.07. The van der Waals surface area contributed by atoms with Crippen LogP contribution in [0.15, 0.2) is 52.9 Å². The van der Waals surface area contributed by atoms with Gasteiger partial charge in [0.25, 0.3) is 5.91 Å². The molecule has 0 aliphatic carbocycles. The van der Waals surface area contributed by atoms with Crippen molar-refractivity contribution >= 4 is 22.7 Å². The number of carbonyl (C=O) groups is 1. The lowest BCUT2D eigenvalue weighted by molar-refractivity contribution is 0.100. The summed E-state index contributed by atoms with van der Waals surface area (Å²) in [6.45, 7) is 4.12. The quantitative estimate of drug-likeness (QED) is 0.462. The summed E-state index contributed by atoms with van der Waals surface area (Å²) in [6.07, 6.45) is 0.865. The fraction of sp³-hybridized carbons (Fsp3) is 0.208. The molecule has 0 fully saturated rings. The number of furan rings is 1. The summed E-state index contributed by atoms with van der Waals surface area (Å²) < 4.78 is 5.94. The number of amides is 1. The van der Waals surface area contributed by atoms with Crippen molar-refractivity contribution in [3.8, 4) is 11.4 Å². The predicted molar refractivity (Wildman–Crippen MR) is 120 cm³/mol. The van der Waals surface area contributed by atoms with Gasteiger partial charge in [0, 0.05) is 24.0 Å². The molecule has 4 N–H and O–H groups in total.